The Bertz CT molecular complexity index is 617. The van der Waals surface area contributed by atoms with Crippen molar-refractivity contribution >= 4 is 29.1 Å². The normalized spacial score (nSPS) is 10.9. The monoisotopic (exact) mass is 284 g/mol. The van der Waals surface area contributed by atoms with Crippen molar-refractivity contribution in [2.45, 2.75) is 0 Å². The molecule has 12 heteroatoms. The molecule has 0 spiro atoms. The summed E-state index contributed by atoms with van der Waals surface area (Å²) in [4.78, 5) is 39.5. The van der Waals surface area contributed by atoms with Crippen LogP contribution in [0.5, 0.6) is 0 Å². The van der Waals surface area contributed by atoms with Gasteiger partial charge in [-0.2, -0.15) is 0 Å². The molecule has 0 radical (unpaired) electrons. The minimum atomic E-state index is -1.16. The molecular weight excluding hydrogens is 280 g/mol. The quantitative estimate of drug-likeness (QED) is 0.270. The average Bonchev–Trinajstić information content (AvgIpc) is 2.39. The van der Waals surface area contributed by atoms with E-state index in [1.807, 2.05) is 0 Å². The fourth-order valence-electron chi connectivity index (χ4n) is 1.39. The van der Waals surface area contributed by atoms with Crippen LogP contribution in [0, 0.1) is 30.3 Å². The van der Waals surface area contributed by atoms with Crippen LogP contribution < -0.4 is 0 Å². The molecule has 0 aliphatic carbocycles. The fourth-order valence-corrected chi connectivity index (χ4v) is 1.39. The standard InChI is InChI=1S/C8H4N4O8/c13-3-5(9-14)8-6(11(17)18)1-4(10(15)16)2-7(8)12(19)20/h1-3,14H/b9-5+. The van der Waals surface area contributed by atoms with Crippen molar-refractivity contribution in [3.63, 3.8) is 0 Å². The summed E-state index contributed by atoms with van der Waals surface area (Å²) in [6.45, 7) is 0. The number of hydrogen-bond donors (Lipinski definition) is 1. The van der Waals surface area contributed by atoms with E-state index in [0.717, 1.165) is 0 Å². The van der Waals surface area contributed by atoms with Crippen molar-refractivity contribution in [1.29, 1.82) is 0 Å². The molecular formula is C8H4N4O8. The van der Waals surface area contributed by atoms with E-state index in [-0.39, 0.29) is 6.29 Å². The van der Waals surface area contributed by atoms with E-state index in [1.165, 1.54) is 0 Å². The van der Waals surface area contributed by atoms with Crippen LogP contribution >= 0.6 is 0 Å². The first-order valence-electron chi connectivity index (χ1n) is 4.62. The molecule has 1 aromatic carbocycles. The Hall–Kier alpha value is -3.44. The predicted molar refractivity (Wildman–Crippen MR) is 60.8 cm³/mol. The summed E-state index contributed by atoms with van der Waals surface area (Å²) in [6.07, 6.45) is -0.152. The Kier molecular flexibility index (Phi) is 4.00. The Morgan fingerprint density at radius 3 is 1.75 bits per heavy atom. The Balaban J connectivity index is 3.87. The van der Waals surface area contributed by atoms with Gasteiger partial charge in [0, 0.05) is 0 Å². The number of nitrogens with zero attached hydrogens (tertiary/aromatic N) is 4. The first kappa shape index (κ1) is 14.6. The molecule has 12 nitrogen and oxygen atoms in total. The van der Waals surface area contributed by atoms with Crippen molar-refractivity contribution < 1.29 is 24.8 Å². The molecule has 1 N–H and O–H groups in total. The highest BCUT2D eigenvalue weighted by Gasteiger charge is 2.33. The third-order valence-corrected chi connectivity index (χ3v) is 2.16. The number of nitro benzene ring substituents is 3. The molecule has 0 aliphatic heterocycles. The van der Waals surface area contributed by atoms with Crippen LogP contribution in [0.25, 0.3) is 0 Å². The number of nitro groups is 3. The molecule has 20 heavy (non-hydrogen) atoms. The maximum absolute atomic E-state index is 10.8. The molecule has 0 unspecified atom stereocenters. The van der Waals surface area contributed by atoms with Crippen LogP contribution in [-0.2, 0) is 4.79 Å². The third-order valence-electron chi connectivity index (χ3n) is 2.16. The van der Waals surface area contributed by atoms with Crippen LogP contribution in [0.3, 0.4) is 0 Å². The zero-order chi connectivity index (χ0) is 15.4. The van der Waals surface area contributed by atoms with Gasteiger partial charge in [0.05, 0.1) is 26.9 Å². The lowest BCUT2D eigenvalue weighted by molar-refractivity contribution is -0.403. The van der Waals surface area contributed by atoms with Gasteiger partial charge < -0.3 is 5.21 Å². The predicted octanol–water partition coefficient (Wildman–Crippen LogP) is 0.788. The summed E-state index contributed by atoms with van der Waals surface area (Å²) in [6, 6.07) is 0.855. The second-order valence-corrected chi connectivity index (χ2v) is 3.23. The highest BCUT2D eigenvalue weighted by molar-refractivity contribution is 6.38. The number of rotatable bonds is 5. The molecule has 104 valence electrons. The van der Waals surface area contributed by atoms with E-state index in [1.54, 1.807) is 0 Å². The van der Waals surface area contributed by atoms with Crippen molar-refractivity contribution in [2.24, 2.45) is 5.16 Å². The van der Waals surface area contributed by atoms with E-state index < -0.39 is 43.1 Å². The minimum absolute atomic E-state index is 0.152. The van der Waals surface area contributed by atoms with Crippen molar-refractivity contribution in [2.75, 3.05) is 0 Å². The minimum Gasteiger partial charge on any atom is -0.410 e. The van der Waals surface area contributed by atoms with Crippen molar-refractivity contribution in [3.8, 4) is 0 Å². The maximum Gasteiger partial charge on any atom is 0.292 e. The molecule has 0 bridgehead atoms. The SMILES string of the molecule is O=C/C(=N\O)c1c([N+](=O)[O-])cc([N+](=O)[O-])cc1[N+](=O)[O-]. The first-order chi connectivity index (χ1) is 9.33. The van der Waals surface area contributed by atoms with Gasteiger partial charge in [0.1, 0.15) is 0 Å². The van der Waals surface area contributed by atoms with Gasteiger partial charge in [-0.05, 0) is 0 Å². The van der Waals surface area contributed by atoms with Crippen LogP contribution in [0.1, 0.15) is 5.56 Å². The number of aldehydes is 1. The summed E-state index contributed by atoms with van der Waals surface area (Å²) in [7, 11) is 0. The number of non-ortho nitro benzene ring substituents is 1. The number of carbonyl (C=O) groups excluding carboxylic acids is 1. The molecule has 0 saturated carbocycles. The van der Waals surface area contributed by atoms with Gasteiger partial charge in [-0.15, -0.1) is 0 Å². The lowest BCUT2D eigenvalue weighted by Crippen LogP contribution is -2.11. The van der Waals surface area contributed by atoms with Gasteiger partial charge in [-0.25, -0.2) is 0 Å². The topological polar surface area (TPSA) is 179 Å². The number of carbonyl (C=O) groups is 1. The zero-order valence-corrected chi connectivity index (χ0v) is 9.33. The largest absolute Gasteiger partial charge is 0.410 e. The Morgan fingerprint density at radius 1 is 1.05 bits per heavy atom. The average molecular weight is 284 g/mol. The molecule has 0 saturated heterocycles. The smallest absolute Gasteiger partial charge is 0.292 e. The van der Waals surface area contributed by atoms with Gasteiger partial charge in [-0.1, -0.05) is 5.16 Å². The Labute approximate surface area is 108 Å². The van der Waals surface area contributed by atoms with Gasteiger partial charge in [0.15, 0.2) is 17.6 Å². The molecule has 0 atom stereocenters. The molecule has 1 aromatic rings. The van der Waals surface area contributed by atoms with Gasteiger partial charge in [0.2, 0.25) is 0 Å². The van der Waals surface area contributed by atoms with E-state index in [9.17, 15) is 35.1 Å². The second-order valence-electron chi connectivity index (χ2n) is 3.23. The maximum atomic E-state index is 10.8. The third kappa shape index (κ3) is 2.53. The molecule has 0 heterocycles. The summed E-state index contributed by atoms with van der Waals surface area (Å²) in [5.74, 6) is 0. The van der Waals surface area contributed by atoms with E-state index in [0.29, 0.717) is 12.1 Å². The summed E-state index contributed by atoms with van der Waals surface area (Å²) < 4.78 is 0. The van der Waals surface area contributed by atoms with E-state index >= 15 is 0 Å². The fraction of sp³-hybridized carbons (Fsp3) is 0. The van der Waals surface area contributed by atoms with Gasteiger partial charge >= 0.3 is 0 Å². The summed E-state index contributed by atoms with van der Waals surface area (Å²) in [5, 5.41) is 43.2. The lowest BCUT2D eigenvalue weighted by Gasteiger charge is -2.02. The van der Waals surface area contributed by atoms with E-state index in [2.05, 4.69) is 5.16 Å². The summed E-state index contributed by atoms with van der Waals surface area (Å²) in [5.41, 5.74) is -4.99. The zero-order valence-electron chi connectivity index (χ0n) is 9.33. The number of oxime groups is 1. The van der Waals surface area contributed by atoms with Crippen LogP contribution in [-0.4, -0.2) is 32.0 Å². The molecule has 1 rings (SSSR count). The molecule has 0 aliphatic rings. The summed E-state index contributed by atoms with van der Waals surface area (Å²) >= 11 is 0. The highest BCUT2D eigenvalue weighted by Crippen LogP contribution is 2.33. The Morgan fingerprint density at radius 2 is 1.50 bits per heavy atom. The van der Waals surface area contributed by atoms with Crippen molar-refractivity contribution in [1.82, 2.24) is 0 Å². The van der Waals surface area contributed by atoms with Crippen LogP contribution in [0.4, 0.5) is 17.1 Å². The highest BCUT2D eigenvalue weighted by atomic mass is 16.6. The van der Waals surface area contributed by atoms with Gasteiger partial charge in [0.25, 0.3) is 17.1 Å². The van der Waals surface area contributed by atoms with Crippen LogP contribution in [0.15, 0.2) is 17.3 Å². The molecule has 0 aromatic heterocycles. The van der Waals surface area contributed by atoms with Crippen LogP contribution in [0.2, 0.25) is 0 Å². The van der Waals surface area contributed by atoms with E-state index in [4.69, 9.17) is 5.21 Å². The lowest BCUT2D eigenvalue weighted by atomic mass is 10.1. The molecule has 0 amide bonds. The van der Waals surface area contributed by atoms with Crippen molar-refractivity contribution in [3.05, 3.63) is 48.0 Å². The molecule has 0 fully saturated rings. The van der Waals surface area contributed by atoms with Gasteiger partial charge in [-0.3, -0.25) is 35.1 Å². The number of benzene rings is 1. The number of hydrogen-bond acceptors (Lipinski definition) is 9. The second kappa shape index (κ2) is 5.47. The first-order valence-corrected chi connectivity index (χ1v) is 4.62.